The zero-order valence-corrected chi connectivity index (χ0v) is 19.0. The average molecular weight is 447 g/mol. The number of amides is 1. The molecule has 1 atom stereocenters. The molecular formula is C23H30N2O5S. The highest BCUT2D eigenvalue weighted by Crippen LogP contribution is 2.24. The molecule has 1 aliphatic rings. The Morgan fingerprint density at radius 2 is 1.84 bits per heavy atom. The highest BCUT2D eigenvalue weighted by atomic mass is 32.2. The van der Waals surface area contributed by atoms with Gasteiger partial charge in [-0.25, -0.2) is 8.42 Å². The molecule has 1 aliphatic heterocycles. The predicted molar refractivity (Wildman–Crippen MR) is 119 cm³/mol. The Kier molecular flexibility index (Phi) is 7.69. The number of hydrogen-bond donors (Lipinski definition) is 1. The molecule has 1 amide bonds. The van der Waals surface area contributed by atoms with Crippen molar-refractivity contribution in [2.24, 2.45) is 5.92 Å². The highest BCUT2D eigenvalue weighted by molar-refractivity contribution is 7.89. The molecule has 1 N–H and O–H groups in total. The van der Waals surface area contributed by atoms with Crippen molar-refractivity contribution in [3.05, 3.63) is 54.1 Å². The molecule has 8 heteroatoms. The van der Waals surface area contributed by atoms with Crippen molar-refractivity contribution in [2.45, 2.75) is 44.3 Å². The van der Waals surface area contributed by atoms with E-state index in [2.05, 4.69) is 12.2 Å². The van der Waals surface area contributed by atoms with Gasteiger partial charge in [-0.15, -0.1) is 0 Å². The molecular weight excluding hydrogens is 416 g/mol. The number of methoxy groups -OCH3 is 1. The molecule has 1 unspecified atom stereocenters. The van der Waals surface area contributed by atoms with E-state index in [9.17, 15) is 13.2 Å². The topological polar surface area (TPSA) is 84.9 Å². The second kappa shape index (κ2) is 10.3. The van der Waals surface area contributed by atoms with Crippen LogP contribution in [0.25, 0.3) is 0 Å². The maximum atomic E-state index is 12.8. The van der Waals surface area contributed by atoms with Gasteiger partial charge in [0.05, 0.1) is 18.6 Å². The standard InChI is InChI=1S/C23H30N2O5S/c1-17-11-13-25(14-12-17)31(27,28)22-9-7-20(8-10-22)24-23(26)18(2)30-16-19-5-4-6-21(15-19)29-3/h4-10,15,17-18H,11-14,16H2,1-3H3,(H,24,26). The van der Waals surface area contributed by atoms with Crippen LogP contribution in [0.4, 0.5) is 5.69 Å². The number of nitrogens with one attached hydrogen (secondary N) is 1. The van der Waals surface area contributed by atoms with Gasteiger partial charge in [0.2, 0.25) is 10.0 Å². The minimum atomic E-state index is -3.51. The van der Waals surface area contributed by atoms with E-state index in [1.165, 1.54) is 16.4 Å². The van der Waals surface area contributed by atoms with Crippen LogP contribution in [0.15, 0.2) is 53.4 Å². The first-order valence-corrected chi connectivity index (χ1v) is 11.9. The van der Waals surface area contributed by atoms with Gasteiger partial charge in [0.25, 0.3) is 5.91 Å². The minimum Gasteiger partial charge on any atom is -0.497 e. The Bertz CT molecular complexity index is 983. The van der Waals surface area contributed by atoms with Gasteiger partial charge in [-0.1, -0.05) is 19.1 Å². The van der Waals surface area contributed by atoms with Crippen molar-refractivity contribution in [3.8, 4) is 5.75 Å². The van der Waals surface area contributed by atoms with Crippen LogP contribution in [0.3, 0.4) is 0 Å². The zero-order chi connectivity index (χ0) is 22.4. The summed E-state index contributed by atoms with van der Waals surface area (Å²) in [4.78, 5) is 12.7. The van der Waals surface area contributed by atoms with E-state index >= 15 is 0 Å². The van der Waals surface area contributed by atoms with Crippen LogP contribution < -0.4 is 10.1 Å². The molecule has 1 saturated heterocycles. The monoisotopic (exact) mass is 446 g/mol. The summed E-state index contributed by atoms with van der Waals surface area (Å²) in [6.45, 7) is 5.18. The van der Waals surface area contributed by atoms with Crippen molar-refractivity contribution in [1.29, 1.82) is 0 Å². The Morgan fingerprint density at radius 1 is 1.16 bits per heavy atom. The summed E-state index contributed by atoms with van der Waals surface area (Å²) in [6, 6.07) is 13.7. The maximum absolute atomic E-state index is 12.8. The SMILES string of the molecule is COc1cccc(COC(C)C(=O)Nc2ccc(S(=O)(=O)N3CCC(C)CC3)cc2)c1. The van der Waals surface area contributed by atoms with Crippen LogP contribution in [0, 0.1) is 5.92 Å². The van der Waals surface area contributed by atoms with E-state index in [1.807, 2.05) is 24.3 Å². The van der Waals surface area contributed by atoms with Gasteiger partial charge in [-0.2, -0.15) is 4.31 Å². The third kappa shape index (κ3) is 6.06. The van der Waals surface area contributed by atoms with Gasteiger partial charge in [0, 0.05) is 18.8 Å². The lowest BCUT2D eigenvalue weighted by Crippen LogP contribution is -2.37. The van der Waals surface area contributed by atoms with Gasteiger partial charge in [-0.05, 0) is 67.6 Å². The lowest BCUT2D eigenvalue weighted by Gasteiger charge is -2.29. The van der Waals surface area contributed by atoms with Crippen LogP contribution >= 0.6 is 0 Å². The first kappa shape index (κ1) is 23.2. The summed E-state index contributed by atoms with van der Waals surface area (Å²) in [5, 5.41) is 2.77. The molecule has 7 nitrogen and oxygen atoms in total. The number of hydrogen-bond acceptors (Lipinski definition) is 5. The number of anilines is 1. The largest absolute Gasteiger partial charge is 0.497 e. The van der Waals surface area contributed by atoms with E-state index in [0.29, 0.717) is 24.7 Å². The fourth-order valence-corrected chi connectivity index (χ4v) is 4.86. The van der Waals surface area contributed by atoms with Gasteiger partial charge < -0.3 is 14.8 Å². The second-order valence-electron chi connectivity index (χ2n) is 7.90. The van der Waals surface area contributed by atoms with E-state index in [0.717, 1.165) is 24.2 Å². The maximum Gasteiger partial charge on any atom is 0.253 e. The lowest BCUT2D eigenvalue weighted by molar-refractivity contribution is -0.127. The Hall–Kier alpha value is -2.42. The fourth-order valence-electron chi connectivity index (χ4n) is 3.39. The molecule has 0 aliphatic carbocycles. The van der Waals surface area contributed by atoms with Gasteiger partial charge in [-0.3, -0.25) is 4.79 Å². The number of carbonyl (C=O) groups is 1. The average Bonchev–Trinajstić information content (AvgIpc) is 2.78. The summed E-state index contributed by atoms with van der Waals surface area (Å²) in [5.74, 6) is 0.980. The van der Waals surface area contributed by atoms with Gasteiger partial charge >= 0.3 is 0 Å². The molecule has 3 rings (SSSR count). The van der Waals surface area contributed by atoms with Crippen molar-refractivity contribution in [2.75, 3.05) is 25.5 Å². The molecule has 0 aromatic heterocycles. The fraction of sp³-hybridized carbons (Fsp3) is 0.435. The third-order valence-electron chi connectivity index (χ3n) is 5.51. The lowest BCUT2D eigenvalue weighted by atomic mass is 10.0. The zero-order valence-electron chi connectivity index (χ0n) is 18.2. The summed E-state index contributed by atoms with van der Waals surface area (Å²) in [7, 11) is -1.91. The van der Waals surface area contributed by atoms with E-state index in [1.54, 1.807) is 26.2 Å². The van der Waals surface area contributed by atoms with Crippen molar-refractivity contribution in [3.63, 3.8) is 0 Å². The normalized spacial score (nSPS) is 16.6. The number of piperidine rings is 1. The Morgan fingerprint density at radius 3 is 2.48 bits per heavy atom. The van der Waals surface area contributed by atoms with Crippen LogP contribution in [0.5, 0.6) is 5.75 Å². The summed E-state index contributed by atoms with van der Waals surface area (Å²) in [5.41, 5.74) is 1.42. The predicted octanol–water partition coefficient (Wildman–Crippen LogP) is 3.66. The molecule has 1 heterocycles. The smallest absolute Gasteiger partial charge is 0.253 e. The van der Waals surface area contributed by atoms with Crippen LogP contribution in [0.2, 0.25) is 0 Å². The molecule has 2 aromatic carbocycles. The van der Waals surface area contributed by atoms with E-state index in [-0.39, 0.29) is 17.4 Å². The van der Waals surface area contributed by atoms with Crippen LogP contribution in [-0.4, -0.2) is 44.9 Å². The number of ether oxygens (including phenoxy) is 2. The molecule has 0 spiro atoms. The van der Waals surface area contributed by atoms with Crippen molar-refractivity contribution < 1.29 is 22.7 Å². The second-order valence-corrected chi connectivity index (χ2v) is 9.84. The number of carbonyl (C=O) groups excluding carboxylic acids is 1. The van der Waals surface area contributed by atoms with Crippen molar-refractivity contribution in [1.82, 2.24) is 4.31 Å². The molecule has 2 aromatic rings. The summed E-state index contributed by atoms with van der Waals surface area (Å²) >= 11 is 0. The van der Waals surface area contributed by atoms with Gasteiger partial charge in [0.1, 0.15) is 11.9 Å². The van der Waals surface area contributed by atoms with E-state index < -0.39 is 16.1 Å². The quantitative estimate of drug-likeness (QED) is 0.669. The van der Waals surface area contributed by atoms with Gasteiger partial charge in [0.15, 0.2) is 0 Å². The molecule has 0 bridgehead atoms. The molecule has 1 fully saturated rings. The Labute approximate surface area is 184 Å². The van der Waals surface area contributed by atoms with E-state index in [4.69, 9.17) is 9.47 Å². The third-order valence-corrected chi connectivity index (χ3v) is 7.42. The molecule has 31 heavy (non-hydrogen) atoms. The van der Waals surface area contributed by atoms with Crippen LogP contribution in [-0.2, 0) is 26.2 Å². The number of nitrogens with zero attached hydrogens (tertiary/aromatic N) is 1. The number of rotatable bonds is 8. The van der Waals surface area contributed by atoms with Crippen LogP contribution in [0.1, 0.15) is 32.3 Å². The molecule has 0 saturated carbocycles. The summed E-state index contributed by atoms with van der Waals surface area (Å²) < 4.78 is 38.0. The minimum absolute atomic E-state index is 0.238. The Balaban J connectivity index is 1.55. The molecule has 168 valence electrons. The summed E-state index contributed by atoms with van der Waals surface area (Å²) in [6.07, 6.45) is 1.08. The number of sulfonamides is 1. The molecule has 0 radical (unpaired) electrons. The first-order valence-electron chi connectivity index (χ1n) is 10.4. The number of benzene rings is 2. The highest BCUT2D eigenvalue weighted by Gasteiger charge is 2.28. The first-order chi connectivity index (χ1) is 14.8. The van der Waals surface area contributed by atoms with Crippen molar-refractivity contribution >= 4 is 21.6 Å².